The third-order valence-corrected chi connectivity index (χ3v) is 6.31. The van der Waals surface area contributed by atoms with Gasteiger partial charge < -0.3 is 14.5 Å². The summed E-state index contributed by atoms with van der Waals surface area (Å²) in [4.78, 5) is 39.9. The number of carbonyl (C=O) groups excluding carboxylic acids is 1. The fourth-order valence-electron chi connectivity index (χ4n) is 4.69. The van der Waals surface area contributed by atoms with Crippen LogP contribution in [-0.4, -0.2) is 57.4 Å². The van der Waals surface area contributed by atoms with Crippen molar-refractivity contribution >= 4 is 29.0 Å². The first-order chi connectivity index (χ1) is 15.6. The Kier molecular flexibility index (Phi) is 6.68. The van der Waals surface area contributed by atoms with Gasteiger partial charge in [-0.15, -0.1) is 5.92 Å². The summed E-state index contributed by atoms with van der Waals surface area (Å²) in [6, 6.07) is -0.436. The van der Waals surface area contributed by atoms with Gasteiger partial charge in [-0.3, -0.25) is 13.9 Å². The molecule has 0 bridgehead atoms. The molecule has 32 heavy (non-hydrogen) atoms. The lowest BCUT2D eigenvalue weighted by atomic mass is 10.0. The molecular weight excluding hydrogens is 408 g/mol. The molecule has 172 valence electrons. The van der Waals surface area contributed by atoms with Gasteiger partial charge in [0.25, 0.3) is 5.56 Å². The van der Waals surface area contributed by atoms with E-state index in [9.17, 15) is 9.59 Å². The van der Waals surface area contributed by atoms with E-state index in [0.717, 1.165) is 44.7 Å². The van der Waals surface area contributed by atoms with Crippen molar-refractivity contribution in [2.75, 3.05) is 36.0 Å². The van der Waals surface area contributed by atoms with Crippen LogP contribution in [0.5, 0.6) is 0 Å². The number of rotatable bonds is 5. The molecule has 4 heterocycles. The molecule has 2 aliphatic heterocycles. The topological polar surface area (TPSA) is 85.5 Å². The smallest absolute Gasteiger partial charge is 0.328 e. The molecule has 0 spiro atoms. The van der Waals surface area contributed by atoms with Gasteiger partial charge in [-0.1, -0.05) is 5.92 Å². The average molecular weight is 441 g/mol. The van der Waals surface area contributed by atoms with Gasteiger partial charge in [0.2, 0.25) is 11.9 Å². The van der Waals surface area contributed by atoms with Crippen molar-refractivity contribution in [3.8, 4) is 11.8 Å². The molecule has 2 saturated heterocycles. The highest BCUT2D eigenvalue weighted by molar-refractivity contribution is 5.81. The van der Waals surface area contributed by atoms with E-state index >= 15 is 0 Å². The van der Waals surface area contributed by atoms with Crippen molar-refractivity contribution in [1.29, 1.82) is 0 Å². The van der Waals surface area contributed by atoms with Crippen LogP contribution >= 0.6 is 0 Å². The number of imidazole rings is 1. The fourth-order valence-corrected chi connectivity index (χ4v) is 4.69. The largest absolute Gasteiger partial charge is 0.464 e. The molecule has 0 amide bonds. The highest BCUT2D eigenvalue weighted by atomic mass is 16.5. The first kappa shape index (κ1) is 22.2. The standard InChI is InChI=1S/C23H32N6O3/c1-4-6-15-29-18-19(25-23(29)27-13-9-7-10-14-27)24-22(26(3)20(18)30)28-16-11-8-12-17(28)21(31)32-5-2/h17H,5,7-16H2,1-3H3. The molecule has 0 radical (unpaired) electrons. The summed E-state index contributed by atoms with van der Waals surface area (Å²) in [5.74, 6) is 6.96. The minimum absolute atomic E-state index is 0.174. The Morgan fingerprint density at radius 2 is 1.81 bits per heavy atom. The molecule has 1 atom stereocenters. The molecule has 0 saturated carbocycles. The van der Waals surface area contributed by atoms with Crippen LogP contribution in [-0.2, 0) is 23.1 Å². The number of nitrogens with zero attached hydrogens (tertiary/aromatic N) is 6. The van der Waals surface area contributed by atoms with Gasteiger partial charge in [0.05, 0.1) is 13.2 Å². The zero-order chi connectivity index (χ0) is 22.7. The molecular formula is C23H32N6O3. The molecule has 4 rings (SSSR count). The van der Waals surface area contributed by atoms with Gasteiger partial charge in [0.1, 0.15) is 6.04 Å². The van der Waals surface area contributed by atoms with Crippen LogP contribution in [0, 0.1) is 11.8 Å². The second kappa shape index (κ2) is 9.63. The molecule has 0 N–H and O–H groups in total. The Labute approximate surface area is 188 Å². The van der Waals surface area contributed by atoms with Gasteiger partial charge in [-0.2, -0.15) is 9.97 Å². The summed E-state index contributed by atoms with van der Waals surface area (Å²) in [6.07, 6.45) is 5.98. The lowest BCUT2D eigenvalue weighted by molar-refractivity contribution is -0.145. The Hall–Kier alpha value is -3.02. The third-order valence-electron chi connectivity index (χ3n) is 6.31. The van der Waals surface area contributed by atoms with E-state index < -0.39 is 6.04 Å². The summed E-state index contributed by atoms with van der Waals surface area (Å²) in [5, 5.41) is 0. The summed E-state index contributed by atoms with van der Waals surface area (Å²) in [7, 11) is 1.71. The maximum absolute atomic E-state index is 13.5. The van der Waals surface area contributed by atoms with E-state index in [1.807, 2.05) is 9.47 Å². The molecule has 2 aliphatic rings. The number of hydrogen-bond acceptors (Lipinski definition) is 7. The predicted octanol–water partition coefficient (Wildman–Crippen LogP) is 2.07. The molecule has 2 fully saturated rings. The Morgan fingerprint density at radius 3 is 2.53 bits per heavy atom. The monoisotopic (exact) mass is 440 g/mol. The third kappa shape index (κ3) is 4.06. The van der Waals surface area contributed by atoms with Gasteiger partial charge in [-0.05, 0) is 52.4 Å². The second-order valence-corrected chi connectivity index (χ2v) is 8.38. The van der Waals surface area contributed by atoms with Crippen molar-refractivity contribution in [3.05, 3.63) is 10.4 Å². The quantitative estimate of drug-likeness (QED) is 0.520. The van der Waals surface area contributed by atoms with Crippen LogP contribution in [0.1, 0.15) is 52.4 Å². The minimum atomic E-state index is -0.436. The van der Waals surface area contributed by atoms with Crippen LogP contribution in [0.2, 0.25) is 0 Å². The molecule has 0 aliphatic carbocycles. The van der Waals surface area contributed by atoms with Crippen molar-refractivity contribution in [3.63, 3.8) is 0 Å². The Balaban J connectivity index is 1.83. The second-order valence-electron chi connectivity index (χ2n) is 8.38. The first-order valence-electron chi connectivity index (χ1n) is 11.6. The average Bonchev–Trinajstić information content (AvgIpc) is 3.19. The molecule has 0 aromatic carbocycles. The predicted molar refractivity (Wildman–Crippen MR) is 124 cm³/mol. The van der Waals surface area contributed by atoms with Crippen LogP contribution in [0.15, 0.2) is 4.79 Å². The van der Waals surface area contributed by atoms with Crippen LogP contribution in [0.25, 0.3) is 11.2 Å². The highest BCUT2D eigenvalue weighted by Crippen LogP contribution is 2.27. The highest BCUT2D eigenvalue weighted by Gasteiger charge is 2.33. The number of piperidine rings is 2. The maximum Gasteiger partial charge on any atom is 0.328 e. The minimum Gasteiger partial charge on any atom is -0.464 e. The normalized spacial score (nSPS) is 19.0. The Morgan fingerprint density at radius 1 is 1.09 bits per heavy atom. The number of fused-ring (bicyclic) bond motifs is 1. The molecule has 1 unspecified atom stereocenters. The van der Waals surface area contributed by atoms with Gasteiger partial charge in [0.15, 0.2) is 11.2 Å². The van der Waals surface area contributed by atoms with Crippen LogP contribution < -0.4 is 15.4 Å². The van der Waals surface area contributed by atoms with Crippen molar-refractivity contribution in [1.82, 2.24) is 19.1 Å². The summed E-state index contributed by atoms with van der Waals surface area (Å²) >= 11 is 0. The lowest BCUT2D eigenvalue weighted by Crippen LogP contribution is -2.48. The molecule has 9 heteroatoms. The van der Waals surface area contributed by atoms with E-state index in [1.54, 1.807) is 20.9 Å². The van der Waals surface area contributed by atoms with Gasteiger partial charge in [-0.25, -0.2) is 4.79 Å². The van der Waals surface area contributed by atoms with Crippen LogP contribution in [0.3, 0.4) is 0 Å². The van der Waals surface area contributed by atoms with Crippen molar-refractivity contribution < 1.29 is 9.53 Å². The lowest BCUT2D eigenvalue weighted by Gasteiger charge is -2.35. The number of hydrogen-bond donors (Lipinski definition) is 0. The van der Waals surface area contributed by atoms with E-state index in [-0.39, 0.29) is 11.5 Å². The van der Waals surface area contributed by atoms with Crippen LogP contribution in [0.4, 0.5) is 11.9 Å². The number of esters is 1. The summed E-state index contributed by atoms with van der Waals surface area (Å²) in [5.41, 5.74) is 0.700. The van der Waals surface area contributed by atoms with E-state index in [1.165, 1.54) is 11.0 Å². The number of carbonyl (C=O) groups is 1. The first-order valence-corrected chi connectivity index (χ1v) is 11.6. The van der Waals surface area contributed by atoms with Crippen molar-refractivity contribution in [2.24, 2.45) is 7.05 Å². The van der Waals surface area contributed by atoms with Gasteiger partial charge >= 0.3 is 5.97 Å². The molecule has 2 aromatic rings. The van der Waals surface area contributed by atoms with Gasteiger partial charge in [0, 0.05) is 26.7 Å². The number of anilines is 2. The molecule has 9 nitrogen and oxygen atoms in total. The summed E-state index contributed by atoms with van der Waals surface area (Å²) < 4.78 is 8.74. The van der Waals surface area contributed by atoms with Crippen molar-refractivity contribution in [2.45, 2.75) is 65.0 Å². The number of ether oxygens (including phenoxy) is 1. The van der Waals surface area contributed by atoms with E-state index in [2.05, 4.69) is 16.7 Å². The number of aromatic nitrogens is 4. The van der Waals surface area contributed by atoms with E-state index in [4.69, 9.17) is 14.7 Å². The summed E-state index contributed by atoms with van der Waals surface area (Å²) in [6.45, 7) is 6.79. The zero-order valence-corrected chi connectivity index (χ0v) is 19.3. The Bertz CT molecular complexity index is 1100. The zero-order valence-electron chi connectivity index (χ0n) is 19.3. The van der Waals surface area contributed by atoms with E-state index in [0.29, 0.717) is 43.2 Å². The fraction of sp³-hybridized carbons (Fsp3) is 0.652. The molecule has 2 aromatic heterocycles. The SMILES string of the molecule is CC#CCn1c(N2CCCCC2)nc2nc(N3CCCCC3C(=O)OCC)n(C)c(=O)c21. The maximum atomic E-state index is 13.5.